The Morgan fingerprint density at radius 1 is 1.24 bits per heavy atom. The number of hydrogen-bond acceptors (Lipinski definition) is 6. The number of aromatic nitrogens is 2. The van der Waals surface area contributed by atoms with Crippen LogP contribution in [0.4, 0.5) is 0 Å². The second kappa shape index (κ2) is 10.9. The molecule has 0 fully saturated rings. The van der Waals surface area contributed by atoms with Gasteiger partial charge in [-0.15, -0.1) is 0 Å². The van der Waals surface area contributed by atoms with E-state index < -0.39 is 5.97 Å². The second-order valence-electron chi connectivity index (χ2n) is 7.82. The van der Waals surface area contributed by atoms with Gasteiger partial charge in [-0.05, 0) is 62.2 Å². The maximum absolute atomic E-state index is 13.2. The molecule has 0 amide bonds. The lowest BCUT2D eigenvalue weighted by Crippen LogP contribution is -2.23. The van der Waals surface area contributed by atoms with Gasteiger partial charge in [0.05, 0.1) is 28.2 Å². The monoisotopic (exact) mass is 533 g/mol. The molecule has 0 saturated heterocycles. The molecule has 0 radical (unpaired) electrons. The highest BCUT2D eigenvalue weighted by atomic mass is 79.9. The van der Waals surface area contributed by atoms with Crippen LogP contribution in [0.3, 0.4) is 0 Å². The molecule has 0 spiro atoms. The van der Waals surface area contributed by atoms with Crippen molar-refractivity contribution >= 4 is 50.6 Å². The van der Waals surface area contributed by atoms with Gasteiger partial charge in [-0.3, -0.25) is 4.79 Å². The highest BCUT2D eigenvalue weighted by Gasteiger charge is 2.16. The molecule has 33 heavy (non-hydrogen) atoms. The molecule has 0 aliphatic rings. The van der Waals surface area contributed by atoms with Gasteiger partial charge in [-0.2, -0.15) is 9.78 Å². The number of benzene rings is 2. The fraction of sp³-hybridized carbons (Fsp3) is 0.333. The molecule has 7 nitrogen and oxygen atoms in total. The van der Waals surface area contributed by atoms with E-state index in [0.717, 1.165) is 10.9 Å². The summed E-state index contributed by atoms with van der Waals surface area (Å²) in [6.07, 6.45) is 2.13. The molecule has 0 unspecified atom stereocenters. The van der Waals surface area contributed by atoms with Gasteiger partial charge < -0.3 is 9.47 Å². The number of carbonyl (C=O) groups is 1. The van der Waals surface area contributed by atoms with E-state index in [-0.39, 0.29) is 24.2 Å². The Kier molecular flexibility index (Phi) is 8.26. The summed E-state index contributed by atoms with van der Waals surface area (Å²) in [6.45, 7) is 7.33. The smallest absolute Gasteiger partial charge is 0.344 e. The van der Waals surface area contributed by atoms with E-state index in [9.17, 15) is 9.59 Å². The van der Waals surface area contributed by atoms with Gasteiger partial charge in [-0.1, -0.05) is 41.4 Å². The van der Waals surface area contributed by atoms with Crippen LogP contribution in [-0.2, 0) is 9.53 Å². The topological polar surface area (TPSA) is 82.8 Å². The van der Waals surface area contributed by atoms with E-state index >= 15 is 0 Å². The molecule has 3 rings (SSSR count). The average Bonchev–Trinajstić information content (AvgIpc) is 2.77. The molecule has 0 aliphatic carbocycles. The van der Waals surface area contributed by atoms with Crippen LogP contribution in [0.2, 0.25) is 5.02 Å². The summed E-state index contributed by atoms with van der Waals surface area (Å²) >= 11 is 9.71. The first-order chi connectivity index (χ1) is 15.7. The molecule has 1 atom stereocenters. The Hall–Kier alpha value is -2.71. The number of hydrogen-bond donors (Lipinski definition) is 0. The molecule has 2 aromatic carbocycles. The third-order valence-corrected chi connectivity index (χ3v) is 5.67. The largest absolute Gasteiger partial charge is 0.480 e. The van der Waals surface area contributed by atoms with Crippen LogP contribution in [-0.4, -0.2) is 34.6 Å². The van der Waals surface area contributed by atoms with E-state index in [0.29, 0.717) is 33.1 Å². The molecule has 1 aromatic heterocycles. The first kappa shape index (κ1) is 24.9. The van der Waals surface area contributed by atoms with Gasteiger partial charge in [0, 0.05) is 10.4 Å². The zero-order valence-electron chi connectivity index (χ0n) is 18.8. The minimum absolute atomic E-state index is 0.0351. The lowest BCUT2D eigenvalue weighted by atomic mass is 10.1. The number of ether oxygens (including phenoxy) is 2. The lowest BCUT2D eigenvalue weighted by Gasteiger charge is -2.14. The van der Waals surface area contributed by atoms with E-state index in [2.05, 4.69) is 21.0 Å². The SMILES string of the molecule is CC[C@H](C)c1nc2ccc(Br)cc2c(=O)n1N=Cc1ccc(OCC(=O)OC(C)C)c(Cl)c1. The molecule has 0 saturated carbocycles. The van der Waals surface area contributed by atoms with Gasteiger partial charge in [0.1, 0.15) is 11.6 Å². The highest BCUT2D eigenvalue weighted by Crippen LogP contribution is 2.25. The Bertz CT molecular complexity index is 1260. The van der Waals surface area contributed by atoms with E-state index in [4.69, 9.17) is 26.1 Å². The van der Waals surface area contributed by atoms with Crippen LogP contribution in [0.15, 0.2) is 50.8 Å². The second-order valence-corrected chi connectivity index (χ2v) is 9.14. The number of fused-ring (bicyclic) bond motifs is 1. The Balaban J connectivity index is 1.90. The lowest BCUT2D eigenvalue weighted by molar-refractivity contribution is -0.149. The molecule has 0 N–H and O–H groups in total. The number of rotatable bonds is 8. The number of carbonyl (C=O) groups excluding carboxylic acids is 1. The van der Waals surface area contributed by atoms with Gasteiger partial charge in [0.25, 0.3) is 5.56 Å². The van der Waals surface area contributed by atoms with Gasteiger partial charge in [0.2, 0.25) is 0 Å². The summed E-state index contributed by atoms with van der Waals surface area (Å²) < 4.78 is 12.6. The van der Waals surface area contributed by atoms with Crippen LogP contribution in [0.1, 0.15) is 51.4 Å². The summed E-state index contributed by atoms with van der Waals surface area (Å²) in [5, 5.41) is 5.22. The van der Waals surface area contributed by atoms with Crippen molar-refractivity contribution in [1.29, 1.82) is 0 Å². The van der Waals surface area contributed by atoms with Crippen LogP contribution < -0.4 is 10.3 Å². The van der Waals surface area contributed by atoms with Crippen LogP contribution in [0.25, 0.3) is 10.9 Å². The van der Waals surface area contributed by atoms with Crippen molar-refractivity contribution in [3.63, 3.8) is 0 Å². The van der Waals surface area contributed by atoms with Crippen molar-refractivity contribution in [2.24, 2.45) is 5.10 Å². The van der Waals surface area contributed by atoms with Crippen molar-refractivity contribution in [2.45, 2.75) is 46.1 Å². The molecular formula is C24H25BrClN3O4. The Morgan fingerprint density at radius 3 is 2.67 bits per heavy atom. The van der Waals surface area contributed by atoms with Crippen molar-refractivity contribution in [1.82, 2.24) is 9.66 Å². The van der Waals surface area contributed by atoms with E-state index in [1.165, 1.54) is 4.68 Å². The van der Waals surface area contributed by atoms with Crippen LogP contribution >= 0.6 is 27.5 Å². The van der Waals surface area contributed by atoms with Crippen molar-refractivity contribution in [2.75, 3.05) is 6.61 Å². The number of esters is 1. The highest BCUT2D eigenvalue weighted by molar-refractivity contribution is 9.10. The van der Waals surface area contributed by atoms with Crippen molar-refractivity contribution in [3.05, 3.63) is 67.6 Å². The fourth-order valence-corrected chi connectivity index (χ4v) is 3.66. The minimum atomic E-state index is -0.473. The van der Waals surface area contributed by atoms with Crippen LogP contribution in [0, 0.1) is 0 Å². The summed E-state index contributed by atoms with van der Waals surface area (Å²) in [5.74, 6) is 0.499. The Morgan fingerprint density at radius 2 is 2.00 bits per heavy atom. The van der Waals surface area contributed by atoms with Crippen LogP contribution in [0.5, 0.6) is 5.75 Å². The van der Waals surface area contributed by atoms with Crippen molar-refractivity contribution in [3.8, 4) is 5.75 Å². The fourth-order valence-electron chi connectivity index (χ4n) is 3.05. The Labute approximate surface area is 205 Å². The average molecular weight is 535 g/mol. The predicted octanol–water partition coefficient (Wildman–Crippen LogP) is 5.54. The molecule has 3 aromatic rings. The van der Waals surface area contributed by atoms with E-state index in [1.54, 1.807) is 44.3 Å². The maximum atomic E-state index is 13.2. The van der Waals surface area contributed by atoms with Gasteiger partial charge in [-0.25, -0.2) is 9.78 Å². The molecule has 174 valence electrons. The molecule has 0 bridgehead atoms. The standard InChI is InChI=1S/C24H25BrClN3O4/c1-5-15(4)23-28-20-8-7-17(25)11-18(20)24(31)29(23)27-12-16-6-9-21(19(26)10-16)32-13-22(30)33-14(2)3/h6-12,14-15H,5,13H2,1-4H3/t15-/m0/s1. The first-order valence-electron chi connectivity index (χ1n) is 10.6. The first-order valence-corrected chi connectivity index (χ1v) is 11.7. The molecule has 0 aliphatic heterocycles. The summed E-state index contributed by atoms with van der Waals surface area (Å²) in [7, 11) is 0. The molecular weight excluding hydrogens is 510 g/mol. The predicted molar refractivity (Wildman–Crippen MR) is 134 cm³/mol. The number of halogens is 2. The maximum Gasteiger partial charge on any atom is 0.344 e. The van der Waals surface area contributed by atoms with E-state index in [1.807, 2.05) is 26.0 Å². The van der Waals surface area contributed by atoms with Crippen molar-refractivity contribution < 1.29 is 14.3 Å². The molecule has 1 heterocycles. The summed E-state index contributed by atoms with van der Waals surface area (Å²) in [6, 6.07) is 10.4. The zero-order valence-corrected chi connectivity index (χ0v) is 21.2. The van der Waals surface area contributed by atoms with Gasteiger partial charge >= 0.3 is 5.97 Å². The third kappa shape index (κ3) is 6.21. The molecule has 9 heteroatoms. The van der Waals surface area contributed by atoms with Gasteiger partial charge in [0.15, 0.2) is 6.61 Å². The minimum Gasteiger partial charge on any atom is -0.480 e. The quantitative estimate of drug-likeness (QED) is 0.280. The number of nitrogens with zero attached hydrogens (tertiary/aromatic N) is 3. The summed E-state index contributed by atoms with van der Waals surface area (Å²) in [4.78, 5) is 29.5. The summed E-state index contributed by atoms with van der Waals surface area (Å²) in [5.41, 5.74) is 1.04. The third-order valence-electron chi connectivity index (χ3n) is 4.88. The normalized spacial score (nSPS) is 12.5. The zero-order chi connectivity index (χ0) is 24.1.